The maximum Gasteiger partial charge on any atom is 0.232 e. The summed E-state index contributed by atoms with van der Waals surface area (Å²) < 4.78 is 26.2. The van der Waals surface area contributed by atoms with Gasteiger partial charge in [-0.05, 0) is 55.7 Å². The number of sulfonamides is 1. The van der Waals surface area contributed by atoms with Gasteiger partial charge >= 0.3 is 0 Å². The van der Waals surface area contributed by atoms with Crippen molar-refractivity contribution in [2.24, 2.45) is 0 Å². The number of anilines is 2. The summed E-state index contributed by atoms with van der Waals surface area (Å²) in [6.07, 6.45) is 1.55. The van der Waals surface area contributed by atoms with Gasteiger partial charge in [0.1, 0.15) is 0 Å². The first-order valence-corrected chi connectivity index (χ1v) is 13.0. The summed E-state index contributed by atoms with van der Waals surface area (Å²) in [5.41, 5.74) is 3.53. The molecule has 3 rings (SSSR count). The third-order valence-corrected chi connectivity index (χ3v) is 6.75. The summed E-state index contributed by atoms with van der Waals surface area (Å²) in [5, 5.41) is 3.16. The zero-order valence-electron chi connectivity index (χ0n) is 19.3. The Morgan fingerprint density at radius 3 is 2.35 bits per heavy atom. The number of benzene rings is 3. The first-order valence-electron chi connectivity index (χ1n) is 10.8. The SMILES string of the molecule is Cc1ccc(C)c(N(CCCC(=O)Nc2ccc(Cl)cc2C(=O)c2ccccc2)S(C)(=O)=O)c1. The van der Waals surface area contributed by atoms with Crippen molar-refractivity contribution < 1.29 is 18.0 Å². The summed E-state index contributed by atoms with van der Waals surface area (Å²) in [6, 6.07) is 19.1. The largest absolute Gasteiger partial charge is 0.325 e. The highest BCUT2D eigenvalue weighted by atomic mass is 35.5. The predicted molar refractivity (Wildman–Crippen MR) is 137 cm³/mol. The van der Waals surface area contributed by atoms with E-state index in [9.17, 15) is 18.0 Å². The lowest BCUT2D eigenvalue weighted by molar-refractivity contribution is -0.116. The number of nitrogens with zero attached hydrogens (tertiary/aromatic N) is 1. The van der Waals surface area contributed by atoms with Crippen molar-refractivity contribution in [1.29, 1.82) is 0 Å². The van der Waals surface area contributed by atoms with Gasteiger partial charge in [0.05, 0.1) is 17.6 Å². The predicted octanol–water partition coefficient (Wildman–Crippen LogP) is 5.37. The molecule has 8 heteroatoms. The zero-order valence-corrected chi connectivity index (χ0v) is 20.9. The molecule has 0 fully saturated rings. The third kappa shape index (κ3) is 6.46. The molecule has 0 heterocycles. The molecule has 6 nitrogen and oxygen atoms in total. The second-order valence-corrected chi connectivity index (χ2v) is 10.5. The van der Waals surface area contributed by atoms with Gasteiger partial charge < -0.3 is 5.32 Å². The van der Waals surface area contributed by atoms with Crippen LogP contribution in [0.4, 0.5) is 11.4 Å². The fourth-order valence-corrected chi connectivity index (χ4v) is 4.79. The number of ketones is 1. The van der Waals surface area contributed by atoms with Gasteiger partial charge in [0.25, 0.3) is 0 Å². The molecule has 0 atom stereocenters. The van der Waals surface area contributed by atoms with Crippen LogP contribution in [0.3, 0.4) is 0 Å². The number of nitrogens with one attached hydrogen (secondary N) is 1. The molecule has 0 aliphatic rings. The average Bonchev–Trinajstić information content (AvgIpc) is 2.79. The molecule has 0 saturated carbocycles. The van der Waals surface area contributed by atoms with Gasteiger partial charge in [-0.15, -0.1) is 0 Å². The van der Waals surface area contributed by atoms with Gasteiger partial charge in [0.15, 0.2) is 5.78 Å². The van der Waals surface area contributed by atoms with Gasteiger partial charge in [0, 0.05) is 29.1 Å². The molecule has 0 unspecified atom stereocenters. The normalized spacial score (nSPS) is 11.2. The lowest BCUT2D eigenvalue weighted by Gasteiger charge is -2.24. The fourth-order valence-electron chi connectivity index (χ4n) is 3.61. The Balaban J connectivity index is 1.71. The van der Waals surface area contributed by atoms with E-state index in [4.69, 9.17) is 11.6 Å². The van der Waals surface area contributed by atoms with E-state index in [2.05, 4.69) is 5.32 Å². The van der Waals surface area contributed by atoms with Crippen LogP contribution in [0.15, 0.2) is 66.7 Å². The van der Waals surface area contributed by atoms with Gasteiger partial charge in [-0.25, -0.2) is 8.42 Å². The first-order chi connectivity index (χ1) is 16.1. The monoisotopic (exact) mass is 498 g/mol. The Hall–Kier alpha value is -3.16. The molecule has 1 amide bonds. The van der Waals surface area contributed by atoms with Crippen molar-refractivity contribution in [2.75, 3.05) is 22.4 Å². The number of hydrogen-bond donors (Lipinski definition) is 1. The standard InChI is InChI=1S/C26H27ClN2O4S/c1-18-11-12-19(2)24(16-18)29(34(3,32)33)15-7-10-25(30)28-23-14-13-21(27)17-22(23)26(31)20-8-5-4-6-9-20/h4-6,8-9,11-14,16-17H,7,10,15H2,1-3H3,(H,28,30). The van der Waals surface area contributed by atoms with E-state index in [1.165, 1.54) is 10.4 Å². The van der Waals surface area contributed by atoms with Crippen molar-refractivity contribution >= 4 is 44.7 Å². The summed E-state index contributed by atoms with van der Waals surface area (Å²) in [4.78, 5) is 25.6. The van der Waals surface area contributed by atoms with E-state index in [1.54, 1.807) is 36.4 Å². The number of hydrogen-bond acceptors (Lipinski definition) is 4. The molecule has 0 aromatic heterocycles. The van der Waals surface area contributed by atoms with E-state index in [0.29, 0.717) is 33.9 Å². The summed E-state index contributed by atoms with van der Waals surface area (Å²) >= 11 is 6.10. The van der Waals surface area contributed by atoms with Gasteiger partial charge in [-0.3, -0.25) is 13.9 Å². The van der Waals surface area contributed by atoms with Crippen LogP contribution < -0.4 is 9.62 Å². The summed E-state index contributed by atoms with van der Waals surface area (Å²) in [5.74, 6) is -0.574. The molecule has 0 aliphatic carbocycles. The molecule has 0 spiro atoms. The van der Waals surface area contributed by atoms with Crippen molar-refractivity contribution in [2.45, 2.75) is 26.7 Å². The minimum absolute atomic E-state index is 0.0818. The molecule has 0 aliphatic heterocycles. The molecular weight excluding hydrogens is 472 g/mol. The molecule has 1 N–H and O–H groups in total. The minimum atomic E-state index is -3.53. The third-order valence-electron chi connectivity index (χ3n) is 5.34. The van der Waals surface area contributed by atoms with E-state index in [-0.39, 0.29) is 24.7 Å². The molecule has 0 radical (unpaired) electrons. The highest BCUT2D eigenvalue weighted by molar-refractivity contribution is 7.92. The number of aryl methyl sites for hydroxylation is 2. The number of carbonyl (C=O) groups excluding carboxylic acids is 2. The topological polar surface area (TPSA) is 83.6 Å². The maximum absolute atomic E-state index is 12.9. The van der Waals surface area contributed by atoms with Crippen LogP contribution in [0.5, 0.6) is 0 Å². The lowest BCUT2D eigenvalue weighted by Crippen LogP contribution is -2.32. The van der Waals surface area contributed by atoms with E-state index in [0.717, 1.165) is 17.4 Å². The Labute approximate surface area is 205 Å². The second-order valence-electron chi connectivity index (χ2n) is 8.16. The zero-order chi connectivity index (χ0) is 24.9. The molecule has 3 aromatic rings. The Kier molecular flexibility index (Phi) is 8.12. The highest BCUT2D eigenvalue weighted by Gasteiger charge is 2.20. The average molecular weight is 499 g/mol. The minimum Gasteiger partial charge on any atom is -0.325 e. The molecule has 178 valence electrons. The van der Waals surface area contributed by atoms with E-state index >= 15 is 0 Å². The second kappa shape index (κ2) is 10.8. The van der Waals surface area contributed by atoms with Crippen molar-refractivity contribution in [3.8, 4) is 0 Å². The molecule has 0 bridgehead atoms. The van der Waals surface area contributed by atoms with Crippen LogP contribution in [-0.4, -0.2) is 32.9 Å². The Bertz CT molecular complexity index is 1310. The summed E-state index contributed by atoms with van der Waals surface area (Å²) in [6.45, 7) is 3.91. The van der Waals surface area contributed by atoms with Crippen molar-refractivity contribution in [3.63, 3.8) is 0 Å². The van der Waals surface area contributed by atoms with Gasteiger partial charge in [0.2, 0.25) is 15.9 Å². The number of halogens is 1. The quantitative estimate of drug-likeness (QED) is 0.402. The van der Waals surface area contributed by atoms with E-state index in [1.807, 2.05) is 38.1 Å². The first kappa shape index (κ1) is 25.5. The smallest absolute Gasteiger partial charge is 0.232 e. The molecule has 3 aromatic carbocycles. The molecular formula is C26H27ClN2O4S. The molecule has 34 heavy (non-hydrogen) atoms. The molecule has 0 saturated heterocycles. The number of amides is 1. The fraction of sp³-hybridized carbons (Fsp3) is 0.231. The van der Waals surface area contributed by atoms with Crippen molar-refractivity contribution in [1.82, 2.24) is 0 Å². The van der Waals surface area contributed by atoms with Crippen LogP contribution in [-0.2, 0) is 14.8 Å². The van der Waals surface area contributed by atoms with Crippen LogP contribution in [0.2, 0.25) is 5.02 Å². The Morgan fingerprint density at radius 1 is 0.971 bits per heavy atom. The van der Waals surface area contributed by atoms with Gasteiger partial charge in [-0.2, -0.15) is 0 Å². The number of carbonyl (C=O) groups is 2. The van der Waals surface area contributed by atoms with E-state index < -0.39 is 10.0 Å². The van der Waals surface area contributed by atoms with Crippen LogP contribution in [0.25, 0.3) is 0 Å². The lowest BCUT2D eigenvalue weighted by atomic mass is 10.0. The highest BCUT2D eigenvalue weighted by Crippen LogP contribution is 2.26. The van der Waals surface area contributed by atoms with Crippen molar-refractivity contribution in [3.05, 3.63) is 94.0 Å². The van der Waals surface area contributed by atoms with Crippen LogP contribution >= 0.6 is 11.6 Å². The van der Waals surface area contributed by atoms with Crippen LogP contribution in [0.1, 0.15) is 39.9 Å². The number of rotatable bonds is 9. The van der Waals surface area contributed by atoms with Gasteiger partial charge in [-0.1, -0.05) is 54.1 Å². The maximum atomic E-state index is 12.9. The Morgan fingerprint density at radius 2 is 1.68 bits per heavy atom. The summed E-state index contributed by atoms with van der Waals surface area (Å²) in [7, 11) is -3.53. The van der Waals surface area contributed by atoms with Crippen LogP contribution in [0, 0.1) is 13.8 Å².